The van der Waals surface area contributed by atoms with Gasteiger partial charge in [-0.05, 0) is 13.8 Å². The number of nitrogen functional groups attached to an aromatic ring is 1. The average molecular weight is 310 g/mol. The lowest BCUT2D eigenvalue weighted by molar-refractivity contribution is -0.385. The zero-order chi connectivity index (χ0) is 16.3. The van der Waals surface area contributed by atoms with Crippen LogP contribution in [-0.2, 0) is 4.74 Å². The van der Waals surface area contributed by atoms with Crippen LogP contribution in [0.1, 0.15) is 12.6 Å². The highest BCUT2D eigenvalue weighted by Gasteiger charge is 2.26. The van der Waals surface area contributed by atoms with Crippen LogP contribution in [0.5, 0.6) is 0 Å². The second-order valence-electron chi connectivity index (χ2n) is 4.77. The molecule has 1 aromatic heterocycles. The molecule has 2 rings (SSSR count). The Labute approximate surface area is 127 Å². The molecule has 0 aromatic carbocycles. The van der Waals surface area contributed by atoms with Gasteiger partial charge < -0.3 is 20.3 Å². The van der Waals surface area contributed by atoms with E-state index >= 15 is 0 Å². The van der Waals surface area contributed by atoms with Crippen molar-refractivity contribution in [2.45, 2.75) is 13.8 Å². The quantitative estimate of drug-likeness (QED) is 0.633. The van der Waals surface area contributed by atoms with Crippen LogP contribution < -0.4 is 10.6 Å². The molecule has 0 radical (unpaired) electrons. The van der Waals surface area contributed by atoms with Crippen molar-refractivity contribution >= 4 is 23.5 Å². The van der Waals surface area contributed by atoms with E-state index in [2.05, 4.69) is 9.97 Å². The van der Waals surface area contributed by atoms with Crippen LogP contribution in [0.15, 0.2) is 0 Å². The molecule has 1 amide bonds. The summed E-state index contributed by atoms with van der Waals surface area (Å²) < 4.78 is 4.94. The summed E-state index contributed by atoms with van der Waals surface area (Å²) in [4.78, 5) is 33.5. The van der Waals surface area contributed by atoms with E-state index in [-0.39, 0.29) is 23.3 Å². The number of ether oxygens (including phenoxy) is 1. The van der Waals surface area contributed by atoms with Gasteiger partial charge >= 0.3 is 11.8 Å². The van der Waals surface area contributed by atoms with Gasteiger partial charge in [-0.2, -0.15) is 4.98 Å². The van der Waals surface area contributed by atoms with Gasteiger partial charge in [-0.15, -0.1) is 0 Å². The number of anilines is 2. The Balaban J connectivity index is 2.09. The van der Waals surface area contributed by atoms with E-state index in [1.165, 1.54) is 6.92 Å². The molecule has 1 aliphatic heterocycles. The minimum Gasteiger partial charge on any atom is -0.450 e. The van der Waals surface area contributed by atoms with Gasteiger partial charge in [0, 0.05) is 26.2 Å². The zero-order valence-corrected chi connectivity index (χ0v) is 12.5. The Kier molecular flexibility index (Phi) is 4.59. The first-order chi connectivity index (χ1) is 10.4. The van der Waals surface area contributed by atoms with Gasteiger partial charge in [0.2, 0.25) is 11.8 Å². The molecule has 120 valence electrons. The summed E-state index contributed by atoms with van der Waals surface area (Å²) in [5, 5.41) is 10.9. The second-order valence-corrected chi connectivity index (χ2v) is 4.77. The number of nitrogens with two attached hydrogens (primary N) is 1. The smallest absolute Gasteiger partial charge is 0.409 e. The summed E-state index contributed by atoms with van der Waals surface area (Å²) in [5.41, 5.74) is 5.59. The number of aromatic nitrogens is 2. The minimum atomic E-state index is -0.590. The average Bonchev–Trinajstić information content (AvgIpc) is 2.46. The first-order valence-electron chi connectivity index (χ1n) is 6.89. The van der Waals surface area contributed by atoms with Gasteiger partial charge in [-0.25, -0.2) is 9.78 Å². The van der Waals surface area contributed by atoms with Crippen LogP contribution in [0, 0.1) is 17.0 Å². The van der Waals surface area contributed by atoms with Crippen molar-refractivity contribution in [1.82, 2.24) is 14.9 Å². The first kappa shape index (κ1) is 15.7. The van der Waals surface area contributed by atoms with Gasteiger partial charge in [0.05, 0.1) is 11.5 Å². The Bertz CT molecular complexity index is 562. The molecule has 22 heavy (non-hydrogen) atoms. The second kappa shape index (κ2) is 6.41. The highest BCUT2D eigenvalue weighted by atomic mass is 16.6. The van der Waals surface area contributed by atoms with Crippen LogP contribution >= 0.6 is 0 Å². The zero-order valence-electron chi connectivity index (χ0n) is 12.5. The molecule has 1 fully saturated rings. The molecular weight excluding hydrogens is 292 g/mol. The van der Waals surface area contributed by atoms with E-state index in [0.717, 1.165) is 0 Å². The molecule has 1 saturated heterocycles. The van der Waals surface area contributed by atoms with Gasteiger partial charge in [0.15, 0.2) is 0 Å². The van der Waals surface area contributed by atoms with E-state index in [1.807, 2.05) is 4.90 Å². The van der Waals surface area contributed by atoms with E-state index in [0.29, 0.717) is 38.7 Å². The number of piperazine rings is 1. The molecule has 1 aromatic rings. The predicted molar refractivity (Wildman–Crippen MR) is 78.6 cm³/mol. The minimum absolute atomic E-state index is 0.152. The Morgan fingerprint density at radius 1 is 1.36 bits per heavy atom. The van der Waals surface area contributed by atoms with Gasteiger partial charge in [-0.3, -0.25) is 10.1 Å². The molecule has 2 N–H and O–H groups in total. The summed E-state index contributed by atoms with van der Waals surface area (Å²) in [7, 11) is 0. The first-order valence-corrected chi connectivity index (χ1v) is 6.89. The summed E-state index contributed by atoms with van der Waals surface area (Å²) in [5.74, 6) is 0.185. The molecule has 0 unspecified atom stereocenters. The molecular formula is C12H18N6O4. The summed E-state index contributed by atoms with van der Waals surface area (Å²) in [6.45, 7) is 5.57. The maximum atomic E-state index is 11.6. The summed E-state index contributed by atoms with van der Waals surface area (Å²) in [6.07, 6.45) is -0.345. The fourth-order valence-electron chi connectivity index (χ4n) is 2.24. The van der Waals surface area contributed by atoms with Crippen LogP contribution in [0.25, 0.3) is 0 Å². The number of nitrogens with zero attached hydrogens (tertiary/aromatic N) is 5. The summed E-state index contributed by atoms with van der Waals surface area (Å²) in [6, 6.07) is 0. The SMILES string of the molecule is CCOC(=O)N1CCN(c2nc(C)c([N+](=O)[O-])c(N)n2)CC1. The molecule has 0 bridgehead atoms. The van der Waals surface area contributed by atoms with Crippen LogP contribution in [0.3, 0.4) is 0 Å². The number of rotatable bonds is 3. The predicted octanol–water partition coefficient (Wildman–Crippen LogP) is 0.554. The van der Waals surface area contributed by atoms with Crippen molar-refractivity contribution in [2.75, 3.05) is 43.4 Å². The molecule has 10 nitrogen and oxygen atoms in total. The molecule has 10 heteroatoms. The highest BCUT2D eigenvalue weighted by molar-refractivity contribution is 5.68. The van der Waals surface area contributed by atoms with Crippen molar-refractivity contribution < 1.29 is 14.5 Å². The van der Waals surface area contributed by atoms with Crippen molar-refractivity contribution in [3.63, 3.8) is 0 Å². The summed E-state index contributed by atoms with van der Waals surface area (Å²) >= 11 is 0. The maximum Gasteiger partial charge on any atom is 0.409 e. The lowest BCUT2D eigenvalue weighted by Gasteiger charge is -2.34. The van der Waals surface area contributed by atoms with Gasteiger partial charge in [-0.1, -0.05) is 0 Å². The highest BCUT2D eigenvalue weighted by Crippen LogP contribution is 2.25. The monoisotopic (exact) mass is 310 g/mol. The Morgan fingerprint density at radius 2 is 2.00 bits per heavy atom. The molecule has 1 aliphatic rings. The fourth-order valence-corrected chi connectivity index (χ4v) is 2.24. The van der Waals surface area contributed by atoms with Crippen molar-refractivity contribution in [1.29, 1.82) is 0 Å². The molecule has 0 saturated carbocycles. The Morgan fingerprint density at radius 3 is 2.50 bits per heavy atom. The van der Waals surface area contributed by atoms with Gasteiger partial charge in [0.25, 0.3) is 0 Å². The largest absolute Gasteiger partial charge is 0.450 e. The molecule has 0 spiro atoms. The van der Waals surface area contributed by atoms with Crippen molar-refractivity contribution in [3.8, 4) is 0 Å². The molecule has 2 heterocycles. The van der Waals surface area contributed by atoms with Crippen LogP contribution in [-0.4, -0.2) is 58.7 Å². The van der Waals surface area contributed by atoms with Crippen LogP contribution in [0.4, 0.5) is 22.2 Å². The number of carbonyl (C=O) groups excluding carboxylic acids is 1. The number of carbonyl (C=O) groups is 1. The normalized spacial score (nSPS) is 14.8. The third-order valence-electron chi connectivity index (χ3n) is 3.34. The fraction of sp³-hybridized carbons (Fsp3) is 0.583. The number of hydrogen-bond acceptors (Lipinski definition) is 8. The number of aryl methyl sites for hydroxylation is 1. The van der Waals surface area contributed by atoms with E-state index in [1.54, 1.807) is 11.8 Å². The molecule has 0 atom stereocenters. The van der Waals surface area contributed by atoms with E-state index in [9.17, 15) is 14.9 Å². The van der Waals surface area contributed by atoms with Crippen molar-refractivity contribution in [3.05, 3.63) is 15.8 Å². The third-order valence-corrected chi connectivity index (χ3v) is 3.34. The maximum absolute atomic E-state index is 11.6. The van der Waals surface area contributed by atoms with Crippen LogP contribution in [0.2, 0.25) is 0 Å². The lowest BCUT2D eigenvalue weighted by Crippen LogP contribution is -2.49. The van der Waals surface area contributed by atoms with E-state index < -0.39 is 4.92 Å². The lowest BCUT2D eigenvalue weighted by atomic mass is 10.3. The Hall–Kier alpha value is -2.65. The third kappa shape index (κ3) is 3.15. The number of hydrogen-bond donors (Lipinski definition) is 1. The van der Waals surface area contributed by atoms with Gasteiger partial charge in [0.1, 0.15) is 5.69 Å². The standard InChI is InChI=1S/C12H18N6O4/c1-3-22-12(19)17-6-4-16(5-7-17)11-14-8(2)9(18(20)21)10(13)15-11/h3-7H2,1-2H3,(H2,13,14,15). The molecule has 0 aliphatic carbocycles. The van der Waals surface area contributed by atoms with Crippen molar-refractivity contribution in [2.24, 2.45) is 0 Å². The van der Waals surface area contributed by atoms with E-state index in [4.69, 9.17) is 10.5 Å². The number of nitro groups is 1. The number of amides is 1. The topological polar surface area (TPSA) is 128 Å².